The second-order valence-electron chi connectivity index (χ2n) is 5.59. The molecule has 0 aliphatic carbocycles. The zero-order valence-electron chi connectivity index (χ0n) is 14.0. The first-order valence-electron chi connectivity index (χ1n) is 7.88. The summed E-state index contributed by atoms with van der Waals surface area (Å²) in [5.41, 5.74) is 5.82. The maximum absolute atomic E-state index is 12.6. The zero-order valence-corrected chi connectivity index (χ0v) is 14.8. The molecule has 4 nitrogen and oxygen atoms in total. The Morgan fingerprint density at radius 2 is 2.00 bits per heavy atom. The highest BCUT2D eigenvalue weighted by atomic mass is 32.1. The number of thiophene rings is 1. The van der Waals surface area contributed by atoms with Crippen LogP contribution in [-0.4, -0.2) is 16.6 Å². The Labute approximate surface area is 145 Å². The van der Waals surface area contributed by atoms with Crippen LogP contribution in [0.15, 0.2) is 47.6 Å². The number of carbonyl (C=O) groups excluding carboxylic acids is 1. The van der Waals surface area contributed by atoms with Gasteiger partial charge in [-0.25, -0.2) is 5.43 Å². The number of hydrogen-bond donors (Lipinski definition) is 1. The fourth-order valence-corrected chi connectivity index (χ4v) is 3.50. The van der Waals surface area contributed by atoms with Gasteiger partial charge in [0.1, 0.15) is 0 Å². The van der Waals surface area contributed by atoms with Crippen molar-refractivity contribution in [3.8, 4) is 0 Å². The monoisotopic (exact) mass is 337 g/mol. The third kappa shape index (κ3) is 3.36. The minimum atomic E-state index is -0.212. The van der Waals surface area contributed by atoms with Crippen molar-refractivity contribution >= 4 is 33.9 Å². The van der Waals surface area contributed by atoms with E-state index < -0.39 is 0 Å². The number of pyridine rings is 1. The van der Waals surface area contributed by atoms with Crippen LogP contribution in [0, 0.1) is 13.8 Å². The topological polar surface area (TPSA) is 54.4 Å². The number of nitrogens with one attached hydrogen (secondary N) is 1. The highest BCUT2D eigenvalue weighted by molar-refractivity contribution is 7.14. The number of hydrogen-bond acceptors (Lipinski definition) is 4. The van der Waals surface area contributed by atoms with Gasteiger partial charge in [0.05, 0.1) is 21.7 Å². The number of aromatic nitrogens is 1. The van der Waals surface area contributed by atoms with Crippen LogP contribution in [0.2, 0.25) is 0 Å². The van der Waals surface area contributed by atoms with E-state index in [1.54, 1.807) is 17.4 Å². The van der Waals surface area contributed by atoms with Crippen molar-refractivity contribution in [3.05, 3.63) is 63.5 Å². The van der Waals surface area contributed by atoms with Crippen LogP contribution in [0.5, 0.6) is 0 Å². The van der Waals surface area contributed by atoms with Gasteiger partial charge in [-0.05, 0) is 44.5 Å². The van der Waals surface area contributed by atoms with E-state index in [0.29, 0.717) is 5.56 Å². The molecule has 122 valence electrons. The Morgan fingerprint density at radius 3 is 2.71 bits per heavy atom. The number of rotatable bonds is 4. The first kappa shape index (κ1) is 16.3. The van der Waals surface area contributed by atoms with Gasteiger partial charge in [0.15, 0.2) is 0 Å². The van der Waals surface area contributed by atoms with E-state index in [4.69, 9.17) is 0 Å². The predicted molar refractivity (Wildman–Crippen MR) is 99.8 cm³/mol. The summed E-state index contributed by atoms with van der Waals surface area (Å²) in [6.07, 6.45) is 0.760. The lowest BCUT2D eigenvalue weighted by Crippen LogP contribution is -2.20. The summed E-state index contributed by atoms with van der Waals surface area (Å²) in [5, 5.41) is 5.18. The molecular formula is C19H19N3OS. The van der Waals surface area contributed by atoms with Crippen LogP contribution in [-0.2, 0) is 0 Å². The molecule has 2 heterocycles. The number of carbonyl (C=O) groups is 1. The molecular weight excluding hydrogens is 318 g/mol. The normalized spacial score (nSPS) is 11.7. The SMILES string of the molecule is CC/C(=N/NC(=O)c1cc(C)nc2ccccc12)c1ccc(C)s1. The smallest absolute Gasteiger partial charge is 0.267 e. The van der Waals surface area contributed by atoms with E-state index >= 15 is 0 Å². The molecule has 0 fully saturated rings. The molecule has 1 amide bonds. The average molecular weight is 337 g/mol. The van der Waals surface area contributed by atoms with E-state index in [9.17, 15) is 4.79 Å². The molecule has 5 heteroatoms. The van der Waals surface area contributed by atoms with E-state index in [0.717, 1.165) is 33.6 Å². The Hall–Kier alpha value is -2.53. The molecule has 24 heavy (non-hydrogen) atoms. The van der Waals surface area contributed by atoms with Crippen molar-refractivity contribution in [2.24, 2.45) is 5.10 Å². The Kier molecular flexibility index (Phi) is 4.71. The van der Waals surface area contributed by atoms with Gasteiger partial charge in [-0.1, -0.05) is 25.1 Å². The quantitative estimate of drug-likeness (QED) is 0.564. The van der Waals surface area contributed by atoms with Gasteiger partial charge in [-0.2, -0.15) is 5.10 Å². The minimum Gasteiger partial charge on any atom is -0.267 e. The summed E-state index contributed by atoms with van der Waals surface area (Å²) in [7, 11) is 0. The number of nitrogens with zero attached hydrogens (tertiary/aromatic N) is 2. The summed E-state index contributed by atoms with van der Waals surface area (Å²) in [6.45, 7) is 5.98. The fourth-order valence-electron chi connectivity index (χ4n) is 2.57. The molecule has 0 saturated carbocycles. The van der Waals surface area contributed by atoms with Gasteiger partial charge in [0.25, 0.3) is 5.91 Å². The molecule has 0 unspecified atom stereocenters. The van der Waals surface area contributed by atoms with Crippen LogP contribution >= 0.6 is 11.3 Å². The van der Waals surface area contributed by atoms with E-state index in [1.165, 1.54) is 4.88 Å². The van der Waals surface area contributed by atoms with Gasteiger partial charge in [-0.3, -0.25) is 9.78 Å². The Balaban J connectivity index is 1.91. The maximum atomic E-state index is 12.6. The molecule has 0 aliphatic rings. The number of hydrazone groups is 1. The standard InChI is InChI=1S/C19H19N3OS/c1-4-16(18-10-9-13(3)24-18)21-22-19(23)15-11-12(2)20-17-8-6-5-7-14(15)17/h5-11H,4H2,1-3H3,(H,22,23)/b21-16-. The first-order valence-corrected chi connectivity index (χ1v) is 8.70. The van der Waals surface area contributed by atoms with Gasteiger partial charge < -0.3 is 0 Å². The van der Waals surface area contributed by atoms with Crippen LogP contribution in [0.3, 0.4) is 0 Å². The highest BCUT2D eigenvalue weighted by Gasteiger charge is 2.12. The summed E-state index contributed by atoms with van der Waals surface area (Å²) >= 11 is 1.68. The molecule has 0 bridgehead atoms. The predicted octanol–water partition coefficient (Wildman–Crippen LogP) is 4.46. The zero-order chi connectivity index (χ0) is 17.1. The molecule has 0 spiro atoms. The largest absolute Gasteiger partial charge is 0.272 e. The molecule has 0 saturated heterocycles. The van der Waals surface area contributed by atoms with Crippen LogP contribution in [0.4, 0.5) is 0 Å². The number of para-hydroxylation sites is 1. The van der Waals surface area contributed by atoms with E-state index in [-0.39, 0.29) is 5.91 Å². The van der Waals surface area contributed by atoms with Crippen LogP contribution in [0.1, 0.15) is 39.2 Å². The molecule has 2 aromatic heterocycles. The lowest BCUT2D eigenvalue weighted by molar-refractivity contribution is 0.0956. The highest BCUT2D eigenvalue weighted by Crippen LogP contribution is 2.19. The second-order valence-corrected chi connectivity index (χ2v) is 6.88. The molecule has 0 aliphatic heterocycles. The third-order valence-electron chi connectivity index (χ3n) is 3.74. The van der Waals surface area contributed by atoms with Gasteiger partial charge in [-0.15, -0.1) is 11.3 Å². The maximum Gasteiger partial charge on any atom is 0.272 e. The Morgan fingerprint density at radius 1 is 1.21 bits per heavy atom. The average Bonchev–Trinajstić information content (AvgIpc) is 3.00. The molecule has 3 rings (SSSR count). The van der Waals surface area contributed by atoms with Crippen molar-refractivity contribution in [1.82, 2.24) is 10.4 Å². The lowest BCUT2D eigenvalue weighted by atomic mass is 10.1. The van der Waals surface area contributed by atoms with Gasteiger partial charge in [0, 0.05) is 16.0 Å². The number of aryl methyl sites for hydroxylation is 2. The lowest BCUT2D eigenvalue weighted by Gasteiger charge is -2.07. The van der Waals surface area contributed by atoms with Gasteiger partial charge in [0.2, 0.25) is 0 Å². The first-order chi connectivity index (χ1) is 11.6. The number of benzene rings is 1. The number of amides is 1. The van der Waals surface area contributed by atoms with Crippen LogP contribution < -0.4 is 5.43 Å². The second kappa shape index (κ2) is 6.93. The van der Waals surface area contributed by atoms with Crippen molar-refractivity contribution in [1.29, 1.82) is 0 Å². The van der Waals surface area contributed by atoms with Crippen molar-refractivity contribution in [2.75, 3.05) is 0 Å². The van der Waals surface area contributed by atoms with E-state index in [2.05, 4.69) is 28.5 Å². The van der Waals surface area contributed by atoms with Gasteiger partial charge >= 0.3 is 0 Å². The molecule has 1 aromatic carbocycles. The molecule has 3 aromatic rings. The summed E-state index contributed by atoms with van der Waals surface area (Å²) in [6, 6.07) is 13.5. The molecule has 1 N–H and O–H groups in total. The summed E-state index contributed by atoms with van der Waals surface area (Å²) in [4.78, 5) is 19.4. The summed E-state index contributed by atoms with van der Waals surface area (Å²) < 4.78 is 0. The molecule has 0 atom stereocenters. The third-order valence-corrected chi connectivity index (χ3v) is 4.79. The minimum absolute atomic E-state index is 0.212. The van der Waals surface area contributed by atoms with Crippen molar-refractivity contribution in [3.63, 3.8) is 0 Å². The summed E-state index contributed by atoms with van der Waals surface area (Å²) in [5.74, 6) is -0.212. The number of fused-ring (bicyclic) bond motifs is 1. The van der Waals surface area contributed by atoms with Crippen LogP contribution in [0.25, 0.3) is 10.9 Å². The van der Waals surface area contributed by atoms with E-state index in [1.807, 2.05) is 44.2 Å². The fraction of sp³-hybridized carbons (Fsp3) is 0.211. The van der Waals surface area contributed by atoms with Crippen molar-refractivity contribution < 1.29 is 4.79 Å². The Bertz CT molecular complexity index is 927. The van der Waals surface area contributed by atoms with Crippen molar-refractivity contribution in [2.45, 2.75) is 27.2 Å². The molecule has 0 radical (unpaired) electrons.